The number of hydrogen-bond donors (Lipinski definition) is 1. The highest BCUT2D eigenvalue weighted by Crippen LogP contribution is 2.57. The van der Waals surface area contributed by atoms with Crippen molar-refractivity contribution in [1.82, 2.24) is 9.80 Å². The number of aliphatic hydroxyl groups is 1. The molecule has 0 radical (unpaired) electrons. The van der Waals surface area contributed by atoms with Gasteiger partial charge in [-0.1, -0.05) is 37.1 Å². The number of rotatable bonds is 10. The van der Waals surface area contributed by atoms with Gasteiger partial charge >= 0.3 is 0 Å². The first-order valence-electron chi connectivity index (χ1n) is 15.1. The van der Waals surface area contributed by atoms with Crippen molar-refractivity contribution in [3.8, 4) is 0 Å². The highest BCUT2D eigenvalue weighted by atomic mass is 16.5. The molecule has 41 heavy (non-hydrogen) atoms. The van der Waals surface area contributed by atoms with Crippen molar-refractivity contribution in [2.45, 2.75) is 63.7 Å². The molecule has 5 atom stereocenters. The number of benzene rings is 1. The Morgan fingerprint density at radius 1 is 0.902 bits per heavy atom. The first-order valence-corrected chi connectivity index (χ1v) is 15.1. The van der Waals surface area contributed by atoms with Crippen molar-refractivity contribution in [2.24, 2.45) is 11.8 Å². The maximum atomic E-state index is 14.6. The van der Waals surface area contributed by atoms with Gasteiger partial charge in [-0.2, -0.15) is 0 Å². The SMILES string of the molecule is CCN(CC)c1ccc(N2CC=C[C@]34O[C@@]5(C)C=CCN(C)C(=O)[C@H]5[C@H]3C(=O)N(CCCCCCO)C4C2=O)cc1. The van der Waals surface area contributed by atoms with Gasteiger partial charge in [0.2, 0.25) is 11.8 Å². The molecular weight excluding hydrogens is 520 g/mol. The van der Waals surface area contributed by atoms with Gasteiger partial charge in [-0.25, -0.2) is 0 Å². The van der Waals surface area contributed by atoms with E-state index in [1.165, 1.54) is 0 Å². The Kier molecular flexibility index (Phi) is 8.30. The van der Waals surface area contributed by atoms with Gasteiger partial charge in [-0.3, -0.25) is 14.4 Å². The largest absolute Gasteiger partial charge is 0.396 e. The highest BCUT2D eigenvalue weighted by molar-refractivity contribution is 6.06. The molecule has 9 nitrogen and oxygen atoms in total. The topological polar surface area (TPSA) is 93.6 Å². The van der Waals surface area contributed by atoms with Crippen LogP contribution in [0.3, 0.4) is 0 Å². The molecule has 0 saturated carbocycles. The molecule has 9 heteroatoms. The second-order valence-corrected chi connectivity index (χ2v) is 11.8. The Morgan fingerprint density at radius 3 is 2.27 bits per heavy atom. The number of likely N-dealkylation sites (N-methyl/N-ethyl adjacent to an activating group) is 1. The summed E-state index contributed by atoms with van der Waals surface area (Å²) < 4.78 is 6.86. The Hall–Kier alpha value is -3.17. The molecule has 1 aromatic carbocycles. The van der Waals surface area contributed by atoms with Crippen LogP contribution in [0.5, 0.6) is 0 Å². The van der Waals surface area contributed by atoms with E-state index in [4.69, 9.17) is 4.74 Å². The monoisotopic (exact) mass is 564 g/mol. The predicted molar refractivity (Wildman–Crippen MR) is 159 cm³/mol. The van der Waals surface area contributed by atoms with Crippen LogP contribution in [0.4, 0.5) is 11.4 Å². The fourth-order valence-corrected chi connectivity index (χ4v) is 7.29. The Balaban J connectivity index is 1.53. The molecule has 3 amide bonds. The van der Waals surface area contributed by atoms with Crippen LogP contribution in [0.15, 0.2) is 48.6 Å². The van der Waals surface area contributed by atoms with E-state index in [0.717, 1.165) is 37.3 Å². The standard InChI is InChI=1S/C32H44N4O5/c1-5-34(6-2)23-13-15-24(16-14-23)35-21-12-18-32-26(25-28(38)33(4)19-11-17-31(25,3)41-32)29(39)36(27(32)30(35)40)20-9-7-8-10-22-37/h11-18,25-27,37H,5-10,19-22H2,1-4H3/t25-,26+,27?,31+,32+/m1/s1. The van der Waals surface area contributed by atoms with Crippen LogP contribution < -0.4 is 9.80 Å². The minimum absolute atomic E-state index is 0.134. The van der Waals surface area contributed by atoms with Gasteiger partial charge in [0.05, 0.1) is 17.4 Å². The second kappa shape index (κ2) is 11.6. The van der Waals surface area contributed by atoms with Crippen LogP contribution in [0.2, 0.25) is 0 Å². The summed E-state index contributed by atoms with van der Waals surface area (Å²) in [5.41, 5.74) is -0.387. The van der Waals surface area contributed by atoms with Gasteiger partial charge in [0.1, 0.15) is 11.6 Å². The number of amides is 3. The van der Waals surface area contributed by atoms with Crippen molar-refractivity contribution in [1.29, 1.82) is 0 Å². The quantitative estimate of drug-likeness (QED) is 0.347. The summed E-state index contributed by atoms with van der Waals surface area (Å²) in [6.45, 7) is 9.22. The van der Waals surface area contributed by atoms with Crippen LogP contribution in [-0.2, 0) is 19.1 Å². The molecule has 2 saturated heterocycles. The number of fused-ring (bicyclic) bond motifs is 2. The van der Waals surface area contributed by atoms with E-state index in [9.17, 15) is 19.5 Å². The summed E-state index contributed by atoms with van der Waals surface area (Å²) >= 11 is 0. The molecule has 1 spiro atoms. The molecule has 0 bridgehead atoms. The summed E-state index contributed by atoms with van der Waals surface area (Å²) in [7, 11) is 1.75. The molecule has 4 heterocycles. The lowest BCUT2D eigenvalue weighted by molar-refractivity contribution is -0.148. The van der Waals surface area contributed by atoms with Gasteiger partial charge < -0.3 is 29.4 Å². The van der Waals surface area contributed by atoms with E-state index in [-0.39, 0.29) is 24.3 Å². The van der Waals surface area contributed by atoms with Crippen LogP contribution in [0, 0.1) is 11.8 Å². The molecule has 222 valence electrons. The molecule has 2 fully saturated rings. The maximum absolute atomic E-state index is 14.6. The Morgan fingerprint density at radius 2 is 1.59 bits per heavy atom. The Labute approximate surface area is 243 Å². The summed E-state index contributed by atoms with van der Waals surface area (Å²) in [5.74, 6) is -2.04. The first-order chi connectivity index (χ1) is 19.7. The molecule has 0 aromatic heterocycles. The van der Waals surface area contributed by atoms with E-state index in [1.54, 1.807) is 21.7 Å². The Bertz CT molecular complexity index is 1210. The number of anilines is 2. The third-order valence-electron chi connectivity index (χ3n) is 9.36. The van der Waals surface area contributed by atoms with Gasteiger partial charge in [0.25, 0.3) is 5.91 Å². The van der Waals surface area contributed by atoms with Gasteiger partial charge in [-0.15, -0.1) is 0 Å². The number of carbonyl (C=O) groups is 3. The van der Waals surface area contributed by atoms with Crippen molar-refractivity contribution >= 4 is 29.1 Å². The zero-order valence-corrected chi connectivity index (χ0v) is 24.8. The third-order valence-corrected chi connectivity index (χ3v) is 9.36. The smallest absolute Gasteiger partial charge is 0.253 e. The number of likely N-dealkylation sites (tertiary alicyclic amines) is 1. The lowest BCUT2D eigenvalue weighted by Gasteiger charge is -2.37. The van der Waals surface area contributed by atoms with E-state index in [0.29, 0.717) is 32.5 Å². The molecule has 0 aliphatic carbocycles. The summed E-state index contributed by atoms with van der Waals surface area (Å²) in [4.78, 5) is 49.9. The highest BCUT2D eigenvalue weighted by Gasteiger charge is 2.74. The first kappa shape index (κ1) is 29.3. The molecular formula is C32H44N4O5. The normalized spacial score (nSPS) is 30.8. The zero-order chi connectivity index (χ0) is 29.4. The fraction of sp³-hybridized carbons (Fsp3) is 0.594. The van der Waals surface area contributed by atoms with Crippen molar-refractivity contribution < 1.29 is 24.2 Å². The van der Waals surface area contributed by atoms with E-state index >= 15 is 0 Å². The number of carbonyl (C=O) groups excluding carboxylic acids is 3. The van der Waals surface area contributed by atoms with Gasteiger partial charge in [-0.05, 0) is 57.9 Å². The third kappa shape index (κ3) is 4.87. The van der Waals surface area contributed by atoms with E-state index in [1.807, 2.05) is 55.5 Å². The maximum Gasteiger partial charge on any atom is 0.253 e. The van der Waals surface area contributed by atoms with E-state index < -0.39 is 29.1 Å². The average Bonchev–Trinajstić information content (AvgIpc) is 3.23. The number of nitrogens with zero attached hydrogens (tertiary/aromatic N) is 4. The summed E-state index contributed by atoms with van der Waals surface area (Å²) in [5, 5.41) is 9.18. The van der Waals surface area contributed by atoms with Crippen LogP contribution in [0.1, 0.15) is 46.5 Å². The van der Waals surface area contributed by atoms with Crippen LogP contribution in [0.25, 0.3) is 0 Å². The lowest BCUT2D eigenvalue weighted by atomic mass is 9.74. The molecule has 1 N–H and O–H groups in total. The summed E-state index contributed by atoms with van der Waals surface area (Å²) in [6, 6.07) is 7.12. The predicted octanol–water partition coefficient (Wildman–Crippen LogP) is 2.99. The van der Waals surface area contributed by atoms with E-state index in [2.05, 4.69) is 18.7 Å². The van der Waals surface area contributed by atoms with Crippen LogP contribution in [-0.4, -0.2) is 96.3 Å². The lowest BCUT2D eigenvalue weighted by Crippen LogP contribution is -2.56. The number of unbranched alkanes of at least 4 members (excludes halogenated alkanes) is 3. The average molecular weight is 565 g/mol. The fourth-order valence-electron chi connectivity index (χ4n) is 7.29. The second-order valence-electron chi connectivity index (χ2n) is 11.8. The van der Waals surface area contributed by atoms with Gasteiger partial charge in [0, 0.05) is 57.8 Å². The number of aliphatic hydroxyl groups excluding tert-OH is 1. The minimum atomic E-state index is -1.24. The number of hydrogen-bond acceptors (Lipinski definition) is 6. The molecule has 5 rings (SSSR count). The molecule has 1 aromatic rings. The zero-order valence-electron chi connectivity index (χ0n) is 24.8. The molecule has 1 unspecified atom stereocenters. The van der Waals surface area contributed by atoms with Crippen molar-refractivity contribution in [3.05, 3.63) is 48.6 Å². The van der Waals surface area contributed by atoms with Gasteiger partial charge in [0.15, 0.2) is 0 Å². The minimum Gasteiger partial charge on any atom is -0.396 e. The molecule has 4 aliphatic heterocycles. The van der Waals surface area contributed by atoms with Crippen molar-refractivity contribution in [3.63, 3.8) is 0 Å². The van der Waals surface area contributed by atoms with Crippen LogP contribution >= 0.6 is 0 Å². The van der Waals surface area contributed by atoms with Crippen molar-refractivity contribution in [2.75, 3.05) is 56.2 Å². The number of ether oxygens (including phenoxy) is 1. The molecule has 4 aliphatic rings. The summed E-state index contributed by atoms with van der Waals surface area (Å²) in [6.07, 6.45) is 10.7.